The topological polar surface area (TPSA) is 93.4 Å². The average Bonchev–Trinajstić information content (AvgIpc) is 2.93. The van der Waals surface area contributed by atoms with Crippen molar-refractivity contribution in [2.45, 2.75) is 82.2 Å². The van der Waals surface area contributed by atoms with Gasteiger partial charge in [0.05, 0.1) is 0 Å². The largest absolute Gasteiger partial charge is 0.507 e. The summed E-state index contributed by atoms with van der Waals surface area (Å²) in [6, 6.07) is 3.78. The van der Waals surface area contributed by atoms with Crippen LogP contribution in [0.5, 0.6) is 5.75 Å². The van der Waals surface area contributed by atoms with Crippen LogP contribution >= 0.6 is 0 Å². The molecule has 0 aliphatic heterocycles. The molecule has 1 heterocycles. The van der Waals surface area contributed by atoms with E-state index in [0.29, 0.717) is 12.1 Å². The number of nitrogens with zero attached hydrogens (tertiary/aromatic N) is 1. The number of hydrogen-bond acceptors (Lipinski definition) is 5. The van der Waals surface area contributed by atoms with Gasteiger partial charge in [0.1, 0.15) is 10.6 Å². The van der Waals surface area contributed by atoms with Crippen LogP contribution in [0.25, 0.3) is 0 Å². The first-order chi connectivity index (χ1) is 13.8. The highest BCUT2D eigenvalue weighted by atomic mass is 32.2. The van der Waals surface area contributed by atoms with Gasteiger partial charge in [0.25, 0.3) is 0 Å². The first-order valence-electron chi connectivity index (χ1n) is 10.3. The fraction of sp³-hybridized carbons (Fsp3) is 0.565. The molecule has 31 heavy (non-hydrogen) atoms. The van der Waals surface area contributed by atoms with Gasteiger partial charge in [-0.25, -0.2) is 16.8 Å². The van der Waals surface area contributed by atoms with E-state index in [2.05, 4.69) is 0 Å². The molecule has 2 aromatic rings. The SMILES string of the molecule is CCn1cc(Cc2cc(C(C)(C)C)c(O)c(C(C)(C)C)c2)c(S(C)(=O)=O)c1S(C)(=O)=O. The Labute approximate surface area is 187 Å². The molecule has 0 radical (unpaired) electrons. The predicted molar refractivity (Wildman–Crippen MR) is 125 cm³/mol. The van der Waals surface area contributed by atoms with Crippen molar-refractivity contribution in [3.8, 4) is 5.75 Å². The molecule has 0 fully saturated rings. The number of aromatic nitrogens is 1. The number of sulfone groups is 2. The number of rotatable bonds is 5. The van der Waals surface area contributed by atoms with Crippen molar-refractivity contribution < 1.29 is 21.9 Å². The Hall–Kier alpha value is -1.80. The summed E-state index contributed by atoms with van der Waals surface area (Å²) < 4.78 is 51.6. The predicted octanol–water partition coefficient (Wildman–Crippen LogP) is 4.21. The second-order valence-corrected chi connectivity index (χ2v) is 14.2. The number of hydrogen-bond donors (Lipinski definition) is 1. The summed E-state index contributed by atoms with van der Waals surface area (Å²) in [5, 5.41) is 10.8. The van der Waals surface area contributed by atoms with Gasteiger partial charge >= 0.3 is 0 Å². The van der Waals surface area contributed by atoms with E-state index in [0.717, 1.165) is 29.2 Å². The zero-order valence-electron chi connectivity index (χ0n) is 20.0. The van der Waals surface area contributed by atoms with Crippen molar-refractivity contribution >= 4 is 19.7 Å². The molecule has 0 aliphatic carbocycles. The minimum Gasteiger partial charge on any atom is -0.507 e. The van der Waals surface area contributed by atoms with Crippen molar-refractivity contribution in [2.24, 2.45) is 0 Å². The molecule has 0 amide bonds. The Kier molecular flexibility index (Phi) is 6.54. The van der Waals surface area contributed by atoms with Crippen LogP contribution in [0, 0.1) is 0 Å². The van der Waals surface area contributed by atoms with Gasteiger partial charge in [-0.1, -0.05) is 53.7 Å². The van der Waals surface area contributed by atoms with E-state index in [1.807, 2.05) is 53.7 Å². The summed E-state index contributed by atoms with van der Waals surface area (Å²) in [4.78, 5) is -0.139. The lowest BCUT2D eigenvalue weighted by atomic mass is 9.78. The summed E-state index contributed by atoms with van der Waals surface area (Å²) >= 11 is 0. The maximum absolute atomic E-state index is 12.6. The van der Waals surface area contributed by atoms with E-state index in [-0.39, 0.29) is 32.9 Å². The van der Waals surface area contributed by atoms with Crippen molar-refractivity contribution in [2.75, 3.05) is 12.5 Å². The van der Waals surface area contributed by atoms with Crippen LogP contribution in [0.1, 0.15) is 70.7 Å². The van der Waals surface area contributed by atoms with Crippen LogP contribution in [0.2, 0.25) is 0 Å². The molecule has 6 nitrogen and oxygen atoms in total. The molecule has 1 aromatic heterocycles. The second-order valence-electron chi connectivity index (χ2n) is 10.3. The minimum absolute atomic E-state index is 0.139. The third kappa shape index (κ3) is 5.34. The first kappa shape index (κ1) is 25.5. The highest BCUT2D eigenvalue weighted by Gasteiger charge is 2.31. The van der Waals surface area contributed by atoms with Crippen LogP contribution in [-0.2, 0) is 43.5 Å². The molecule has 1 aromatic carbocycles. The third-order valence-corrected chi connectivity index (χ3v) is 7.77. The Morgan fingerprint density at radius 3 is 1.65 bits per heavy atom. The van der Waals surface area contributed by atoms with Crippen LogP contribution in [-0.4, -0.2) is 39.0 Å². The Morgan fingerprint density at radius 2 is 1.32 bits per heavy atom. The molecular formula is C23H35NO5S2. The molecule has 0 unspecified atom stereocenters. The fourth-order valence-electron chi connectivity index (χ4n) is 3.87. The van der Waals surface area contributed by atoms with Crippen LogP contribution in [0.15, 0.2) is 28.3 Å². The quantitative estimate of drug-likeness (QED) is 0.708. The van der Waals surface area contributed by atoms with Gasteiger partial charge in [0.15, 0.2) is 24.7 Å². The molecule has 0 saturated heterocycles. The van der Waals surface area contributed by atoms with Crippen molar-refractivity contribution in [3.63, 3.8) is 0 Å². The Balaban J connectivity index is 2.85. The monoisotopic (exact) mass is 469 g/mol. The highest BCUT2D eigenvalue weighted by molar-refractivity contribution is 7.93. The zero-order valence-corrected chi connectivity index (χ0v) is 21.6. The second kappa shape index (κ2) is 7.96. The fourth-order valence-corrected chi connectivity index (χ4v) is 6.89. The molecule has 0 aliphatic rings. The average molecular weight is 470 g/mol. The first-order valence-corrected chi connectivity index (χ1v) is 14.1. The summed E-state index contributed by atoms with van der Waals surface area (Å²) in [6.07, 6.45) is 3.93. The molecular weight excluding hydrogens is 434 g/mol. The van der Waals surface area contributed by atoms with Crippen molar-refractivity contribution in [1.82, 2.24) is 4.57 Å². The molecule has 0 spiro atoms. The normalized spacial score (nSPS) is 13.6. The third-order valence-electron chi connectivity index (χ3n) is 5.30. The zero-order chi connectivity index (χ0) is 24.2. The van der Waals surface area contributed by atoms with E-state index in [4.69, 9.17) is 0 Å². The van der Waals surface area contributed by atoms with Gasteiger partial charge in [-0.2, -0.15) is 0 Å². The number of phenolic OH excluding ortho intramolecular Hbond substituents is 1. The van der Waals surface area contributed by atoms with Crippen LogP contribution in [0.4, 0.5) is 0 Å². The molecule has 0 atom stereocenters. The van der Waals surface area contributed by atoms with Gasteiger partial charge in [-0.15, -0.1) is 0 Å². The number of benzene rings is 1. The van der Waals surface area contributed by atoms with E-state index in [1.54, 1.807) is 13.1 Å². The summed E-state index contributed by atoms with van der Waals surface area (Å²) in [5.74, 6) is 0.245. The van der Waals surface area contributed by atoms with E-state index < -0.39 is 19.7 Å². The smallest absolute Gasteiger partial charge is 0.192 e. The van der Waals surface area contributed by atoms with Crippen molar-refractivity contribution in [1.29, 1.82) is 0 Å². The number of phenols is 1. The summed E-state index contributed by atoms with van der Waals surface area (Å²) in [5.41, 5.74) is 2.16. The molecule has 174 valence electrons. The van der Waals surface area contributed by atoms with Gasteiger partial charge in [0.2, 0.25) is 0 Å². The molecule has 8 heteroatoms. The maximum Gasteiger partial charge on any atom is 0.192 e. The summed E-state index contributed by atoms with van der Waals surface area (Å²) in [6.45, 7) is 14.2. The van der Waals surface area contributed by atoms with Gasteiger partial charge in [-0.05, 0) is 40.0 Å². The molecule has 0 saturated carbocycles. The Morgan fingerprint density at radius 1 is 0.871 bits per heavy atom. The number of aromatic hydroxyl groups is 1. The number of aryl methyl sites for hydroxylation is 1. The van der Waals surface area contributed by atoms with E-state index in [1.165, 1.54) is 4.57 Å². The lowest BCUT2D eigenvalue weighted by Crippen LogP contribution is -2.18. The van der Waals surface area contributed by atoms with Gasteiger partial charge < -0.3 is 9.67 Å². The summed E-state index contributed by atoms with van der Waals surface area (Å²) in [7, 11) is -7.55. The molecule has 1 N–H and O–H groups in total. The van der Waals surface area contributed by atoms with E-state index >= 15 is 0 Å². The highest BCUT2D eigenvalue weighted by Crippen LogP contribution is 2.40. The van der Waals surface area contributed by atoms with Gasteiger partial charge in [0, 0.05) is 31.7 Å². The lowest BCUT2D eigenvalue weighted by Gasteiger charge is -2.28. The van der Waals surface area contributed by atoms with Crippen LogP contribution < -0.4 is 0 Å². The van der Waals surface area contributed by atoms with Crippen LogP contribution in [0.3, 0.4) is 0 Å². The van der Waals surface area contributed by atoms with Crippen molar-refractivity contribution in [3.05, 3.63) is 40.6 Å². The standard InChI is InChI=1S/C23H35NO5S2/c1-10-24-14-16(20(30(8,26)27)21(24)31(9,28)29)11-15-12-17(22(2,3)4)19(25)18(13-15)23(5,6)7/h12-14,25H,10-11H2,1-9H3. The minimum atomic E-state index is -3.79. The van der Waals surface area contributed by atoms with Gasteiger partial charge in [-0.3, -0.25) is 0 Å². The molecule has 0 bridgehead atoms. The Bertz CT molecular complexity index is 1170. The van der Waals surface area contributed by atoms with E-state index in [9.17, 15) is 21.9 Å². The lowest BCUT2D eigenvalue weighted by molar-refractivity contribution is 0.423. The maximum atomic E-state index is 12.6. The molecule has 2 rings (SSSR count).